The van der Waals surface area contributed by atoms with Crippen LogP contribution in [-0.4, -0.2) is 29.4 Å². The molecule has 0 aliphatic carbocycles. The number of ether oxygens (including phenoxy) is 2. The van der Waals surface area contributed by atoms with Crippen molar-refractivity contribution in [3.63, 3.8) is 0 Å². The van der Waals surface area contributed by atoms with Gasteiger partial charge in [0.1, 0.15) is 0 Å². The molecule has 15 heavy (non-hydrogen) atoms. The van der Waals surface area contributed by atoms with E-state index in [0.717, 1.165) is 0 Å². The Hall–Kier alpha value is -1.36. The number of hydrogen-bond acceptors (Lipinski definition) is 5. The van der Waals surface area contributed by atoms with Gasteiger partial charge < -0.3 is 9.47 Å². The number of halogens is 1. The molecule has 0 spiro atoms. The molecule has 0 radical (unpaired) electrons. The van der Waals surface area contributed by atoms with E-state index in [9.17, 15) is 4.79 Å². The van der Waals surface area contributed by atoms with Gasteiger partial charge in [0, 0.05) is 6.07 Å². The average molecular weight is 231 g/mol. The van der Waals surface area contributed by atoms with Gasteiger partial charge in [0.2, 0.25) is 5.69 Å². The molecule has 6 heteroatoms. The van der Waals surface area contributed by atoms with E-state index in [2.05, 4.69) is 10.2 Å². The van der Waals surface area contributed by atoms with Gasteiger partial charge in [-0.05, 0) is 13.8 Å². The lowest BCUT2D eigenvalue weighted by Gasteiger charge is -2.07. The lowest BCUT2D eigenvalue weighted by molar-refractivity contribution is 0.0513. The maximum absolute atomic E-state index is 11.4. The molecule has 0 aromatic carbocycles. The van der Waals surface area contributed by atoms with Gasteiger partial charge in [0.25, 0.3) is 0 Å². The summed E-state index contributed by atoms with van der Waals surface area (Å²) in [6.07, 6.45) is 0. The van der Waals surface area contributed by atoms with E-state index in [1.807, 2.05) is 0 Å². The number of carbonyl (C=O) groups is 1. The van der Waals surface area contributed by atoms with E-state index in [0.29, 0.717) is 6.61 Å². The Morgan fingerprint density at radius 2 is 2.13 bits per heavy atom. The quantitative estimate of drug-likeness (QED) is 0.737. The Morgan fingerprint density at radius 3 is 2.73 bits per heavy atom. The molecule has 0 saturated carbocycles. The van der Waals surface area contributed by atoms with Crippen molar-refractivity contribution in [1.82, 2.24) is 10.2 Å². The van der Waals surface area contributed by atoms with Gasteiger partial charge in [-0.3, -0.25) is 0 Å². The molecular formula is C9H11ClN2O3. The molecule has 0 amide bonds. The van der Waals surface area contributed by atoms with Crippen LogP contribution in [0.5, 0.6) is 5.75 Å². The van der Waals surface area contributed by atoms with Gasteiger partial charge in [-0.15, -0.1) is 10.2 Å². The normalized spacial score (nSPS) is 9.80. The highest BCUT2D eigenvalue weighted by Gasteiger charge is 2.16. The van der Waals surface area contributed by atoms with Crippen molar-refractivity contribution < 1.29 is 14.3 Å². The van der Waals surface area contributed by atoms with Crippen molar-refractivity contribution in [3.05, 3.63) is 16.9 Å². The number of esters is 1. The molecule has 0 saturated heterocycles. The maximum Gasteiger partial charge on any atom is 0.362 e. The SMILES string of the molecule is CCOC(=O)c1nnc(Cl)cc1OCC. The smallest absolute Gasteiger partial charge is 0.362 e. The Kier molecular flexibility index (Phi) is 4.30. The fraction of sp³-hybridized carbons (Fsp3) is 0.444. The summed E-state index contributed by atoms with van der Waals surface area (Å²) in [5, 5.41) is 7.37. The van der Waals surface area contributed by atoms with Crippen LogP contribution in [0, 0.1) is 0 Å². The van der Waals surface area contributed by atoms with Gasteiger partial charge in [0.05, 0.1) is 13.2 Å². The molecule has 0 bridgehead atoms. The predicted octanol–water partition coefficient (Wildman–Crippen LogP) is 1.71. The third-order valence-electron chi connectivity index (χ3n) is 1.50. The molecule has 1 heterocycles. The number of hydrogen-bond donors (Lipinski definition) is 0. The Bertz CT molecular complexity index is 357. The summed E-state index contributed by atoms with van der Waals surface area (Å²) in [6, 6.07) is 1.43. The van der Waals surface area contributed by atoms with Crippen LogP contribution in [0.2, 0.25) is 5.15 Å². The van der Waals surface area contributed by atoms with E-state index < -0.39 is 5.97 Å². The second-order valence-corrected chi connectivity index (χ2v) is 2.92. The summed E-state index contributed by atoms with van der Waals surface area (Å²) in [7, 11) is 0. The first-order valence-electron chi connectivity index (χ1n) is 4.52. The molecule has 0 aliphatic rings. The van der Waals surface area contributed by atoms with Gasteiger partial charge in [-0.1, -0.05) is 11.6 Å². The molecule has 0 unspecified atom stereocenters. The third-order valence-corrected chi connectivity index (χ3v) is 1.68. The minimum Gasteiger partial charge on any atom is -0.491 e. The Labute approximate surface area is 92.4 Å². The second kappa shape index (κ2) is 5.50. The first-order valence-corrected chi connectivity index (χ1v) is 4.90. The highest BCUT2D eigenvalue weighted by atomic mass is 35.5. The van der Waals surface area contributed by atoms with Crippen LogP contribution in [0.15, 0.2) is 6.07 Å². The van der Waals surface area contributed by atoms with E-state index in [1.54, 1.807) is 13.8 Å². The molecule has 0 atom stereocenters. The average Bonchev–Trinajstić information content (AvgIpc) is 2.18. The zero-order valence-corrected chi connectivity index (χ0v) is 9.24. The second-order valence-electron chi connectivity index (χ2n) is 2.53. The number of nitrogens with zero attached hydrogens (tertiary/aromatic N) is 2. The van der Waals surface area contributed by atoms with Gasteiger partial charge in [-0.25, -0.2) is 4.79 Å². The molecule has 0 fully saturated rings. The lowest BCUT2D eigenvalue weighted by Crippen LogP contribution is -2.11. The monoisotopic (exact) mass is 230 g/mol. The van der Waals surface area contributed by atoms with Crippen LogP contribution in [0.3, 0.4) is 0 Å². The van der Waals surface area contributed by atoms with Gasteiger partial charge >= 0.3 is 5.97 Å². The van der Waals surface area contributed by atoms with E-state index in [-0.39, 0.29) is 23.2 Å². The molecule has 1 aromatic rings. The summed E-state index contributed by atoms with van der Waals surface area (Å²) in [6.45, 7) is 4.19. The van der Waals surface area contributed by atoms with E-state index in [1.165, 1.54) is 6.07 Å². The van der Waals surface area contributed by atoms with Gasteiger partial charge in [-0.2, -0.15) is 0 Å². The van der Waals surface area contributed by atoms with Crippen molar-refractivity contribution >= 4 is 17.6 Å². The summed E-state index contributed by atoms with van der Waals surface area (Å²) in [5.41, 5.74) is 0.0445. The van der Waals surface area contributed by atoms with Crippen molar-refractivity contribution in [2.24, 2.45) is 0 Å². The Morgan fingerprint density at radius 1 is 1.40 bits per heavy atom. The minimum absolute atomic E-state index is 0.0445. The summed E-state index contributed by atoms with van der Waals surface area (Å²) >= 11 is 5.63. The van der Waals surface area contributed by atoms with Crippen molar-refractivity contribution in [2.45, 2.75) is 13.8 Å². The van der Waals surface area contributed by atoms with Crippen molar-refractivity contribution in [1.29, 1.82) is 0 Å². The number of carbonyl (C=O) groups excluding carboxylic acids is 1. The lowest BCUT2D eigenvalue weighted by atomic mass is 10.3. The maximum atomic E-state index is 11.4. The summed E-state index contributed by atoms with van der Waals surface area (Å²) < 4.78 is 9.99. The van der Waals surface area contributed by atoms with Crippen LogP contribution in [0.4, 0.5) is 0 Å². The van der Waals surface area contributed by atoms with Gasteiger partial charge in [0.15, 0.2) is 10.9 Å². The zero-order valence-electron chi connectivity index (χ0n) is 8.49. The van der Waals surface area contributed by atoms with E-state index in [4.69, 9.17) is 21.1 Å². The van der Waals surface area contributed by atoms with E-state index >= 15 is 0 Å². The minimum atomic E-state index is -0.565. The molecular weight excluding hydrogens is 220 g/mol. The standard InChI is InChI=1S/C9H11ClN2O3/c1-3-14-6-5-7(10)11-12-8(6)9(13)15-4-2/h5H,3-4H2,1-2H3. The molecule has 5 nitrogen and oxygen atoms in total. The van der Waals surface area contributed by atoms with Crippen LogP contribution < -0.4 is 4.74 Å². The fourth-order valence-corrected chi connectivity index (χ4v) is 1.10. The fourth-order valence-electron chi connectivity index (χ4n) is 0.959. The van der Waals surface area contributed by atoms with Crippen LogP contribution in [0.1, 0.15) is 24.3 Å². The van der Waals surface area contributed by atoms with Crippen molar-refractivity contribution in [2.75, 3.05) is 13.2 Å². The van der Waals surface area contributed by atoms with Crippen LogP contribution in [-0.2, 0) is 4.74 Å². The first-order chi connectivity index (χ1) is 7.19. The summed E-state index contributed by atoms with van der Waals surface area (Å²) in [4.78, 5) is 11.4. The molecule has 0 N–H and O–H groups in total. The number of aromatic nitrogens is 2. The Balaban J connectivity index is 2.99. The molecule has 0 aliphatic heterocycles. The number of rotatable bonds is 4. The third kappa shape index (κ3) is 3.06. The van der Waals surface area contributed by atoms with Crippen LogP contribution in [0.25, 0.3) is 0 Å². The highest BCUT2D eigenvalue weighted by molar-refractivity contribution is 6.29. The zero-order chi connectivity index (χ0) is 11.3. The molecule has 82 valence electrons. The molecule has 1 aromatic heterocycles. The van der Waals surface area contributed by atoms with Crippen LogP contribution >= 0.6 is 11.6 Å². The highest BCUT2D eigenvalue weighted by Crippen LogP contribution is 2.19. The summed E-state index contributed by atoms with van der Waals surface area (Å²) in [5.74, 6) is -0.277. The first kappa shape index (κ1) is 11.7. The molecule has 1 rings (SSSR count). The topological polar surface area (TPSA) is 61.3 Å². The van der Waals surface area contributed by atoms with Crippen molar-refractivity contribution in [3.8, 4) is 5.75 Å². The predicted molar refractivity (Wildman–Crippen MR) is 54.2 cm³/mol. The largest absolute Gasteiger partial charge is 0.491 e.